The molecule has 0 radical (unpaired) electrons. The number of nitrogens with one attached hydrogen (secondary N) is 2. The smallest absolute Gasteiger partial charge is 0.321 e. The summed E-state index contributed by atoms with van der Waals surface area (Å²) in [4.78, 5) is 40.2. The molecule has 7 nitrogen and oxygen atoms in total. The van der Waals surface area contributed by atoms with Crippen molar-refractivity contribution in [3.63, 3.8) is 0 Å². The fourth-order valence-electron chi connectivity index (χ4n) is 3.62. The lowest BCUT2D eigenvalue weighted by molar-refractivity contribution is -0.130. The van der Waals surface area contributed by atoms with Crippen LogP contribution in [-0.2, 0) is 16.0 Å². The molecule has 2 saturated heterocycles. The van der Waals surface area contributed by atoms with Crippen LogP contribution in [0.2, 0.25) is 0 Å². The van der Waals surface area contributed by atoms with Crippen LogP contribution in [0.25, 0.3) is 0 Å². The predicted octanol–water partition coefficient (Wildman–Crippen LogP) is 2.33. The standard InChI is InChI=1S/C21H30N4O3S/c1-2-19(26)22-18-4-3-9-25(15-18)21(28)23-17-7-5-16(6-8-17)14-20(27)24-10-12-29-13-11-24/h5-8,18H,2-4,9-15H2,1H3,(H,22,26)(H,23,28). The quantitative estimate of drug-likeness (QED) is 0.769. The first-order valence-electron chi connectivity index (χ1n) is 10.3. The van der Waals surface area contributed by atoms with Crippen molar-refractivity contribution in [1.82, 2.24) is 15.1 Å². The Balaban J connectivity index is 1.49. The van der Waals surface area contributed by atoms with Crippen LogP contribution in [0.3, 0.4) is 0 Å². The summed E-state index contributed by atoms with van der Waals surface area (Å²) in [5.74, 6) is 2.20. The van der Waals surface area contributed by atoms with Gasteiger partial charge in [-0.05, 0) is 30.5 Å². The number of benzene rings is 1. The Hall–Kier alpha value is -2.22. The van der Waals surface area contributed by atoms with Gasteiger partial charge >= 0.3 is 6.03 Å². The lowest BCUT2D eigenvalue weighted by Crippen LogP contribution is -2.50. The molecule has 0 saturated carbocycles. The van der Waals surface area contributed by atoms with Gasteiger partial charge in [0.05, 0.1) is 6.42 Å². The molecule has 2 N–H and O–H groups in total. The average Bonchev–Trinajstić information content (AvgIpc) is 2.75. The van der Waals surface area contributed by atoms with Crippen molar-refractivity contribution >= 4 is 35.3 Å². The van der Waals surface area contributed by atoms with E-state index in [0.29, 0.717) is 31.6 Å². The van der Waals surface area contributed by atoms with E-state index in [1.54, 1.807) is 4.90 Å². The molecule has 1 atom stereocenters. The van der Waals surface area contributed by atoms with Crippen LogP contribution >= 0.6 is 11.8 Å². The molecule has 1 aromatic rings. The molecule has 29 heavy (non-hydrogen) atoms. The normalized spacial score (nSPS) is 19.6. The van der Waals surface area contributed by atoms with E-state index in [1.807, 2.05) is 47.9 Å². The van der Waals surface area contributed by atoms with Gasteiger partial charge in [0.2, 0.25) is 11.8 Å². The van der Waals surface area contributed by atoms with E-state index in [0.717, 1.165) is 43.0 Å². The highest BCUT2D eigenvalue weighted by molar-refractivity contribution is 7.99. The summed E-state index contributed by atoms with van der Waals surface area (Å²) in [7, 11) is 0. The molecule has 4 amide bonds. The van der Waals surface area contributed by atoms with Crippen LogP contribution < -0.4 is 10.6 Å². The van der Waals surface area contributed by atoms with Gasteiger partial charge in [-0.15, -0.1) is 0 Å². The topological polar surface area (TPSA) is 81.8 Å². The van der Waals surface area contributed by atoms with Crippen LogP contribution in [-0.4, -0.2) is 71.4 Å². The molecule has 0 aliphatic carbocycles. The van der Waals surface area contributed by atoms with Gasteiger partial charge in [0.15, 0.2) is 0 Å². The van der Waals surface area contributed by atoms with Crippen LogP contribution in [0.15, 0.2) is 24.3 Å². The molecule has 2 aliphatic rings. The van der Waals surface area contributed by atoms with Gasteiger partial charge in [-0.2, -0.15) is 11.8 Å². The van der Waals surface area contributed by atoms with E-state index in [1.165, 1.54) is 0 Å². The number of urea groups is 1. The highest BCUT2D eigenvalue weighted by Gasteiger charge is 2.24. The number of piperidine rings is 1. The zero-order valence-corrected chi connectivity index (χ0v) is 17.8. The van der Waals surface area contributed by atoms with Gasteiger partial charge in [0.25, 0.3) is 0 Å². The minimum atomic E-state index is -0.157. The van der Waals surface area contributed by atoms with Gasteiger partial charge in [0, 0.05) is 55.8 Å². The Morgan fingerprint density at radius 2 is 1.79 bits per heavy atom. The number of likely N-dealkylation sites (tertiary alicyclic amines) is 1. The first kappa shape index (κ1) is 21.5. The molecular weight excluding hydrogens is 388 g/mol. The molecule has 2 aliphatic heterocycles. The molecule has 8 heteroatoms. The monoisotopic (exact) mass is 418 g/mol. The minimum absolute atomic E-state index is 0.0172. The Kier molecular flexibility index (Phi) is 7.80. The summed E-state index contributed by atoms with van der Waals surface area (Å²) in [6.45, 7) is 4.69. The molecule has 2 heterocycles. The largest absolute Gasteiger partial charge is 0.352 e. The van der Waals surface area contributed by atoms with E-state index in [4.69, 9.17) is 0 Å². The van der Waals surface area contributed by atoms with Crippen molar-refractivity contribution in [1.29, 1.82) is 0 Å². The van der Waals surface area contributed by atoms with Gasteiger partial charge in [0.1, 0.15) is 0 Å². The molecule has 3 rings (SSSR count). The Morgan fingerprint density at radius 3 is 2.48 bits per heavy atom. The second kappa shape index (κ2) is 10.5. The van der Waals surface area contributed by atoms with E-state index in [-0.39, 0.29) is 23.9 Å². The Morgan fingerprint density at radius 1 is 1.07 bits per heavy atom. The van der Waals surface area contributed by atoms with E-state index >= 15 is 0 Å². The summed E-state index contributed by atoms with van der Waals surface area (Å²) in [5, 5.41) is 5.89. The van der Waals surface area contributed by atoms with Crippen molar-refractivity contribution in [3.05, 3.63) is 29.8 Å². The van der Waals surface area contributed by atoms with Crippen LogP contribution in [0.1, 0.15) is 31.7 Å². The summed E-state index contributed by atoms with van der Waals surface area (Å²) in [6.07, 6.45) is 2.62. The maximum Gasteiger partial charge on any atom is 0.321 e. The lowest BCUT2D eigenvalue weighted by atomic mass is 10.1. The van der Waals surface area contributed by atoms with E-state index in [9.17, 15) is 14.4 Å². The predicted molar refractivity (Wildman–Crippen MR) is 116 cm³/mol. The third kappa shape index (κ3) is 6.39. The van der Waals surface area contributed by atoms with Gasteiger partial charge in [-0.1, -0.05) is 19.1 Å². The number of carbonyl (C=O) groups is 3. The molecule has 2 fully saturated rings. The lowest BCUT2D eigenvalue weighted by Gasteiger charge is -2.33. The Bertz CT molecular complexity index is 719. The minimum Gasteiger partial charge on any atom is -0.352 e. The highest BCUT2D eigenvalue weighted by atomic mass is 32.2. The highest BCUT2D eigenvalue weighted by Crippen LogP contribution is 2.16. The van der Waals surface area contributed by atoms with Gasteiger partial charge in [-0.3, -0.25) is 9.59 Å². The second-order valence-electron chi connectivity index (χ2n) is 7.50. The van der Waals surface area contributed by atoms with Gasteiger partial charge < -0.3 is 20.4 Å². The maximum atomic E-state index is 12.6. The van der Waals surface area contributed by atoms with Crippen LogP contribution in [0, 0.1) is 0 Å². The number of hydrogen-bond acceptors (Lipinski definition) is 4. The number of carbonyl (C=O) groups excluding carboxylic acids is 3. The van der Waals surface area contributed by atoms with Crippen molar-refractivity contribution in [2.24, 2.45) is 0 Å². The van der Waals surface area contributed by atoms with E-state index in [2.05, 4.69) is 10.6 Å². The molecule has 0 bridgehead atoms. The first-order chi connectivity index (χ1) is 14.0. The summed E-state index contributed by atoms with van der Waals surface area (Å²) in [5.41, 5.74) is 1.66. The molecule has 0 spiro atoms. The molecule has 0 aromatic heterocycles. The third-order valence-electron chi connectivity index (χ3n) is 5.32. The number of thioether (sulfide) groups is 1. The summed E-state index contributed by atoms with van der Waals surface area (Å²) >= 11 is 1.89. The van der Waals surface area contributed by atoms with Crippen molar-refractivity contribution < 1.29 is 14.4 Å². The zero-order valence-electron chi connectivity index (χ0n) is 17.0. The van der Waals surface area contributed by atoms with E-state index < -0.39 is 0 Å². The third-order valence-corrected chi connectivity index (χ3v) is 6.26. The van der Waals surface area contributed by atoms with Gasteiger partial charge in [-0.25, -0.2) is 4.79 Å². The zero-order chi connectivity index (χ0) is 20.6. The number of hydrogen-bond donors (Lipinski definition) is 2. The van der Waals surface area contributed by atoms with Crippen LogP contribution in [0.5, 0.6) is 0 Å². The molecule has 1 unspecified atom stereocenters. The SMILES string of the molecule is CCC(=O)NC1CCCN(C(=O)Nc2ccc(CC(=O)N3CCSCC3)cc2)C1. The number of amides is 4. The maximum absolute atomic E-state index is 12.6. The summed E-state index contributed by atoms with van der Waals surface area (Å²) in [6, 6.07) is 7.33. The Labute approximate surface area is 176 Å². The number of anilines is 1. The molecule has 158 valence electrons. The number of rotatable bonds is 5. The molecule has 1 aromatic carbocycles. The fraction of sp³-hybridized carbons (Fsp3) is 0.571. The van der Waals surface area contributed by atoms with Crippen molar-refractivity contribution in [3.8, 4) is 0 Å². The second-order valence-corrected chi connectivity index (χ2v) is 8.73. The average molecular weight is 419 g/mol. The van der Waals surface area contributed by atoms with Crippen molar-refractivity contribution in [2.75, 3.05) is 43.0 Å². The first-order valence-corrected chi connectivity index (χ1v) is 11.5. The van der Waals surface area contributed by atoms with Crippen LogP contribution in [0.4, 0.5) is 10.5 Å². The fourth-order valence-corrected chi connectivity index (χ4v) is 4.52. The van der Waals surface area contributed by atoms with Crippen molar-refractivity contribution in [2.45, 2.75) is 38.6 Å². The number of nitrogens with zero attached hydrogens (tertiary/aromatic N) is 2. The molecular formula is C21H30N4O3S. The summed E-state index contributed by atoms with van der Waals surface area (Å²) < 4.78 is 0.